The van der Waals surface area contributed by atoms with Gasteiger partial charge in [-0.25, -0.2) is 4.98 Å². The largest absolute Gasteiger partial charge is 0.481 e. The van der Waals surface area contributed by atoms with Gasteiger partial charge in [0, 0.05) is 25.4 Å². The molecule has 1 aromatic heterocycles. The van der Waals surface area contributed by atoms with E-state index in [0.29, 0.717) is 11.3 Å². The summed E-state index contributed by atoms with van der Waals surface area (Å²) in [6.45, 7) is 6.73. The smallest absolute Gasteiger partial charge is 0.228 e. The molecule has 0 aromatic carbocycles. The molecule has 1 atom stereocenters. The topological polar surface area (TPSA) is 38.2 Å². The third kappa shape index (κ3) is 2.92. The maximum Gasteiger partial charge on any atom is 0.228 e. The number of nitrogens with zero attached hydrogens (tertiary/aromatic N) is 3. The van der Waals surface area contributed by atoms with Crippen LogP contribution in [0.25, 0.3) is 0 Å². The van der Waals surface area contributed by atoms with Gasteiger partial charge in [0.1, 0.15) is 0 Å². The highest BCUT2D eigenvalue weighted by molar-refractivity contribution is 5.33. The summed E-state index contributed by atoms with van der Waals surface area (Å²) in [5.74, 6) is 1.44. The molecule has 0 radical (unpaired) electrons. The Morgan fingerprint density at radius 1 is 1.50 bits per heavy atom. The van der Waals surface area contributed by atoms with Gasteiger partial charge >= 0.3 is 0 Å². The number of rotatable bonds is 4. The van der Waals surface area contributed by atoms with Gasteiger partial charge < -0.3 is 9.64 Å². The molecule has 4 heteroatoms. The lowest BCUT2D eigenvalue weighted by molar-refractivity contribution is 0.237. The van der Waals surface area contributed by atoms with Crippen molar-refractivity contribution in [1.82, 2.24) is 9.97 Å². The van der Waals surface area contributed by atoms with Gasteiger partial charge in [-0.1, -0.05) is 20.3 Å². The lowest BCUT2D eigenvalue weighted by atomic mass is 9.78. The summed E-state index contributed by atoms with van der Waals surface area (Å²) in [6.07, 6.45) is 6.81. The van der Waals surface area contributed by atoms with E-state index in [1.165, 1.54) is 25.7 Å². The Morgan fingerprint density at radius 3 is 3.06 bits per heavy atom. The van der Waals surface area contributed by atoms with Crippen LogP contribution in [0.1, 0.15) is 39.5 Å². The van der Waals surface area contributed by atoms with Crippen LogP contribution in [0.5, 0.6) is 5.88 Å². The first kappa shape index (κ1) is 13.1. The van der Waals surface area contributed by atoms with E-state index in [2.05, 4.69) is 28.7 Å². The quantitative estimate of drug-likeness (QED) is 0.822. The van der Waals surface area contributed by atoms with Crippen molar-refractivity contribution < 1.29 is 4.74 Å². The Bertz CT molecular complexity index is 392. The summed E-state index contributed by atoms with van der Waals surface area (Å²) >= 11 is 0. The summed E-state index contributed by atoms with van der Waals surface area (Å²) in [6, 6.07) is 1.79. The summed E-state index contributed by atoms with van der Waals surface area (Å²) < 4.78 is 5.17. The minimum atomic E-state index is 0.402. The Morgan fingerprint density at radius 2 is 2.33 bits per heavy atom. The maximum absolute atomic E-state index is 5.17. The number of hydrogen-bond donors (Lipinski definition) is 0. The molecule has 1 aliphatic heterocycles. The Kier molecular flexibility index (Phi) is 4.04. The number of ether oxygens (including phenoxy) is 1. The molecular weight excluding hydrogens is 226 g/mol. The van der Waals surface area contributed by atoms with Gasteiger partial charge in [0.15, 0.2) is 0 Å². The highest BCUT2D eigenvalue weighted by Gasteiger charge is 2.31. The van der Waals surface area contributed by atoms with Crippen LogP contribution in [0.15, 0.2) is 12.3 Å². The molecule has 1 fully saturated rings. The van der Waals surface area contributed by atoms with E-state index in [-0.39, 0.29) is 0 Å². The molecule has 1 aliphatic rings. The van der Waals surface area contributed by atoms with Gasteiger partial charge in [-0.2, -0.15) is 4.98 Å². The van der Waals surface area contributed by atoms with Crippen LogP contribution in [0.4, 0.5) is 5.95 Å². The van der Waals surface area contributed by atoms with Crippen LogP contribution < -0.4 is 9.64 Å². The minimum absolute atomic E-state index is 0.402. The van der Waals surface area contributed by atoms with Crippen LogP contribution >= 0.6 is 0 Å². The standard InChI is InChI=1S/C14H23N3O/c1-4-7-14(2)8-5-10-17(11-14)13-15-9-6-12(16-13)18-3/h6,9H,4-5,7-8,10-11H2,1-3H3. The van der Waals surface area contributed by atoms with E-state index in [9.17, 15) is 0 Å². The van der Waals surface area contributed by atoms with Crippen LogP contribution in [-0.4, -0.2) is 30.2 Å². The number of methoxy groups -OCH3 is 1. The van der Waals surface area contributed by atoms with E-state index in [1.54, 1.807) is 19.4 Å². The summed E-state index contributed by atoms with van der Waals surface area (Å²) in [5.41, 5.74) is 0.402. The summed E-state index contributed by atoms with van der Waals surface area (Å²) in [4.78, 5) is 11.1. The number of hydrogen-bond acceptors (Lipinski definition) is 4. The zero-order chi connectivity index (χ0) is 13.0. The van der Waals surface area contributed by atoms with Crippen molar-refractivity contribution in [3.8, 4) is 5.88 Å². The molecule has 100 valence electrons. The Labute approximate surface area is 109 Å². The van der Waals surface area contributed by atoms with Crippen molar-refractivity contribution >= 4 is 5.95 Å². The Balaban J connectivity index is 2.12. The van der Waals surface area contributed by atoms with Gasteiger partial charge in [0.2, 0.25) is 11.8 Å². The molecule has 0 N–H and O–H groups in total. The second kappa shape index (κ2) is 5.55. The average molecular weight is 249 g/mol. The van der Waals surface area contributed by atoms with Crippen LogP contribution in [0.3, 0.4) is 0 Å². The monoisotopic (exact) mass is 249 g/mol. The van der Waals surface area contributed by atoms with E-state index in [1.807, 2.05) is 0 Å². The normalized spacial score (nSPS) is 24.1. The first-order chi connectivity index (χ1) is 8.67. The lowest BCUT2D eigenvalue weighted by Gasteiger charge is -2.40. The number of anilines is 1. The molecule has 1 aromatic rings. The van der Waals surface area contributed by atoms with Crippen molar-refractivity contribution in [2.24, 2.45) is 5.41 Å². The number of aromatic nitrogens is 2. The maximum atomic E-state index is 5.17. The van der Waals surface area contributed by atoms with Crippen molar-refractivity contribution in [2.45, 2.75) is 39.5 Å². The second-order valence-electron chi connectivity index (χ2n) is 5.48. The third-order valence-corrected chi connectivity index (χ3v) is 3.74. The van der Waals surface area contributed by atoms with Crippen LogP contribution in [0, 0.1) is 5.41 Å². The van der Waals surface area contributed by atoms with E-state index in [0.717, 1.165) is 19.0 Å². The molecule has 2 rings (SSSR count). The molecule has 0 spiro atoms. The van der Waals surface area contributed by atoms with Gasteiger partial charge in [-0.05, 0) is 24.7 Å². The van der Waals surface area contributed by atoms with Crippen LogP contribution in [-0.2, 0) is 0 Å². The van der Waals surface area contributed by atoms with Gasteiger partial charge in [0.25, 0.3) is 0 Å². The predicted octanol–water partition coefficient (Wildman–Crippen LogP) is 2.89. The highest BCUT2D eigenvalue weighted by Crippen LogP contribution is 2.35. The fourth-order valence-electron chi connectivity index (χ4n) is 2.89. The molecule has 0 bridgehead atoms. The molecule has 1 saturated heterocycles. The molecule has 4 nitrogen and oxygen atoms in total. The van der Waals surface area contributed by atoms with Gasteiger partial charge in [-0.15, -0.1) is 0 Å². The summed E-state index contributed by atoms with van der Waals surface area (Å²) in [5, 5.41) is 0. The molecule has 2 heterocycles. The van der Waals surface area contributed by atoms with Crippen molar-refractivity contribution in [3.63, 3.8) is 0 Å². The Hall–Kier alpha value is -1.32. The SMILES string of the molecule is CCCC1(C)CCCN(c2nccc(OC)n2)C1. The first-order valence-corrected chi connectivity index (χ1v) is 6.79. The molecule has 0 saturated carbocycles. The third-order valence-electron chi connectivity index (χ3n) is 3.74. The van der Waals surface area contributed by atoms with Gasteiger partial charge in [0.05, 0.1) is 7.11 Å². The highest BCUT2D eigenvalue weighted by atomic mass is 16.5. The molecular formula is C14H23N3O. The summed E-state index contributed by atoms with van der Waals surface area (Å²) in [7, 11) is 1.64. The van der Waals surface area contributed by atoms with Crippen molar-refractivity contribution in [1.29, 1.82) is 0 Å². The van der Waals surface area contributed by atoms with Crippen LogP contribution in [0.2, 0.25) is 0 Å². The van der Waals surface area contributed by atoms with E-state index >= 15 is 0 Å². The predicted molar refractivity (Wildman–Crippen MR) is 73.0 cm³/mol. The molecule has 18 heavy (non-hydrogen) atoms. The van der Waals surface area contributed by atoms with E-state index < -0.39 is 0 Å². The zero-order valence-electron chi connectivity index (χ0n) is 11.6. The first-order valence-electron chi connectivity index (χ1n) is 6.79. The van der Waals surface area contributed by atoms with Crippen molar-refractivity contribution in [2.75, 3.05) is 25.1 Å². The zero-order valence-corrected chi connectivity index (χ0v) is 11.6. The number of piperidine rings is 1. The average Bonchev–Trinajstić information content (AvgIpc) is 2.39. The molecule has 0 aliphatic carbocycles. The van der Waals surface area contributed by atoms with Gasteiger partial charge in [-0.3, -0.25) is 0 Å². The lowest BCUT2D eigenvalue weighted by Crippen LogP contribution is -2.42. The van der Waals surface area contributed by atoms with Crippen molar-refractivity contribution in [3.05, 3.63) is 12.3 Å². The fourth-order valence-corrected chi connectivity index (χ4v) is 2.89. The molecule has 1 unspecified atom stereocenters. The molecule has 0 amide bonds. The van der Waals surface area contributed by atoms with E-state index in [4.69, 9.17) is 4.74 Å². The second-order valence-corrected chi connectivity index (χ2v) is 5.48. The fraction of sp³-hybridized carbons (Fsp3) is 0.714. The minimum Gasteiger partial charge on any atom is -0.481 e.